The van der Waals surface area contributed by atoms with Gasteiger partial charge in [0.05, 0.1) is 16.9 Å². The number of rotatable bonds is 5. The molecular formula is C18H12F3N5OS. The molecule has 4 rings (SSSR count). The molecule has 2 heterocycles. The molecule has 10 heteroatoms. The third kappa shape index (κ3) is 4.22. The second-order valence-electron chi connectivity index (χ2n) is 5.70. The molecule has 0 saturated carbocycles. The lowest BCUT2D eigenvalue weighted by Gasteiger charge is -2.09. The Kier molecular flexibility index (Phi) is 4.86. The van der Waals surface area contributed by atoms with Gasteiger partial charge >= 0.3 is 6.36 Å². The first kappa shape index (κ1) is 18.2. The van der Waals surface area contributed by atoms with Crippen LogP contribution >= 0.6 is 11.8 Å². The molecular weight excluding hydrogens is 391 g/mol. The predicted molar refractivity (Wildman–Crippen MR) is 97.1 cm³/mol. The van der Waals surface area contributed by atoms with Crippen molar-refractivity contribution in [1.82, 2.24) is 25.2 Å². The molecule has 0 aliphatic rings. The summed E-state index contributed by atoms with van der Waals surface area (Å²) in [5, 5.41) is 13.1. The zero-order chi connectivity index (χ0) is 19.6. The first-order valence-electron chi connectivity index (χ1n) is 8.10. The summed E-state index contributed by atoms with van der Waals surface area (Å²) in [6, 6.07) is 17.1. The van der Waals surface area contributed by atoms with Crippen LogP contribution in [0.5, 0.6) is 5.75 Å². The van der Waals surface area contributed by atoms with E-state index in [0.29, 0.717) is 16.6 Å². The second kappa shape index (κ2) is 7.47. The van der Waals surface area contributed by atoms with E-state index in [0.717, 1.165) is 16.6 Å². The van der Waals surface area contributed by atoms with E-state index in [4.69, 9.17) is 0 Å². The van der Waals surface area contributed by atoms with Crippen LogP contribution < -0.4 is 4.74 Å². The highest BCUT2D eigenvalue weighted by Gasteiger charge is 2.31. The maximum Gasteiger partial charge on any atom is 0.573 e. The Morgan fingerprint density at radius 3 is 2.54 bits per heavy atom. The number of fused-ring (bicyclic) bond motifs is 1. The number of aromatic nitrogens is 5. The maximum absolute atomic E-state index is 12.3. The molecule has 2 aromatic heterocycles. The summed E-state index contributed by atoms with van der Waals surface area (Å²) in [4.78, 5) is 4.60. The van der Waals surface area contributed by atoms with Gasteiger partial charge in [-0.05, 0) is 46.8 Å². The third-order valence-electron chi connectivity index (χ3n) is 3.76. The Morgan fingerprint density at radius 1 is 0.964 bits per heavy atom. The van der Waals surface area contributed by atoms with Gasteiger partial charge < -0.3 is 4.74 Å². The van der Waals surface area contributed by atoms with Crippen LogP contribution in [0, 0.1) is 0 Å². The number of nitrogens with zero attached hydrogens (tertiary/aromatic N) is 5. The second-order valence-corrected chi connectivity index (χ2v) is 6.64. The number of halogens is 3. The van der Waals surface area contributed by atoms with Gasteiger partial charge in [-0.25, -0.2) is 0 Å². The molecule has 0 unspecified atom stereocenters. The molecule has 0 aliphatic carbocycles. The Bertz CT molecular complexity index is 1100. The number of ether oxygens (including phenoxy) is 1. The van der Waals surface area contributed by atoms with E-state index in [-0.39, 0.29) is 5.75 Å². The lowest BCUT2D eigenvalue weighted by atomic mass is 10.2. The number of benzene rings is 2. The molecule has 28 heavy (non-hydrogen) atoms. The van der Waals surface area contributed by atoms with Gasteiger partial charge in [0.15, 0.2) is 0 Å². The number of alkyl halides is 3. The van der Waals surface area contributed by atoms with Crippen LogP contribution in [0.2, 0.25) is 0 Å². The molecule has 0 bridgehead atoms. The van der Waals surface area contributed by atoms with E-state index < -0.39 is 6.36 Å². The number of pyridine rings is 1. The van der Waals surface area contributed by atoms with Gasteiger partial charge in [0.2, 0.25) is 5.16 Å². The number of para-hydroxylation sites is 1. The Morgan fingerprint density at radius 2 is 1.75 bits per heavy atom. The highest BCUT2D eigenvalue weighted by Crippen LogP contribution is 2.26. The quantitative estimate of drug-likeness (QED) is 0.460. The van der Waals surface area contributed by atoms with Gasteiger partial charge in [-0.2, -0.15) is 4.68 Å². The number of hydrogen-bond acceptors (Lipinski definition) is 6. The van der Waals surface area contributed by atoms with Gasteiger partial charge in [0, 0.05) is 11.1 Å². The fourth-order valence-electron chi connectivity index (χ4n) is 2.55. The molecule has 0 N–H and O–H groups in total. The van der Waals surface area contributed by atoms with Crippen molar-refractivity contribution in [2.75, 3.05) is 0 Å². The summed E-state index contributed by atoms with van der Waals surface area (Å²) in [7, 11) is 0. The summed E-state index contributed by atoms with van der Waals surface area (Å²) in [5.74, 6) is 0.236. The first-order valence-corrected chi connectivity index (χ1v) is 9.08. The monoisotopic (exact) mass is 403 g/mol. The summed E-state index contributed by atoms with van der Waals surface area (Å²) >= 11 is 1.38. The zero-order valence-electron chi connectivity index (χ0n) is 14.2. The fourth-order valence-corrected chi connectivity index (χ4v) is 3.34. The number of hydrogen-bond donors (Lipinski definition) is 0. The number of tetrazole rings is 1. The average Bonchev–Trinajstić information content (AvgIpc) is 3.14. The lowest BCUT2D eigenvalue weighted by molar-refractivity contribution is -0.274. The van der Waals surface area contributed by atoms with Crippen LogP contribution in [-0.2, 0) is 5.75 Å². The lowest BCUT2D eigenvalue weighted by Crippen LogP contribution is -2.17. The van der Waals surface area contributed by atoms with Gasteiger partial charge in [0.25, 0.3) is 0 Å². The summed E-state index contributed by atoms with van der Waals surface area (Å²) in [6.07, 6.45) is -4.73. The fraction of sp³-hybridized carbons (Fsp3) is 0.111. The van der Waals surface area contributed by atoms with Crippen molar-refractivity contribution in [1.29, 1.82) is 0 Å². The van der Waals surface area contributed by atoms with E-state index in [1.165, 1.54) is 40.7 Å². The van der Waals surface area contributed by atoms with Crippen molar-refractivity contribution in [2.24, 2.45) is 0 Å². The summed E-state index contributed by atoms with van der Waals surface area (Å²) < 4.78 is 42.1. The minimum Gasteiger partial charge on any atom is -0.406 e. The van der Waals surface area contributed by atoms with Crippen molar-refractivity contribution >= 4 is 22.7 Å². The number of thioether (sulfide) groups is 1. The minimum absolute atomic E-state index is 0.307. The van der Waals surface area contributed by atoms with Crippen LogP contribution in [-0.4, -0.2) is 31.6 Å². The van der Waals surface area contributed by atoms with Crippen LogP contribution in [0.1, 0.15) is 5.69 Å². The van der Waals surface area contributed by atoms with E-state index in [9.17, 15) is 13.2 Å². The molecule has 0 saturated heterocycles. The van der Waals surface area contributed by atoms with Gasteiger partial charge in [0.1, 0.15) is 5.75 Å². The largest absolute Gasteiger partial charge is 0.573 e. The van der Waals surface area contributed by atoms with Gasteiger partial charge in [-0.3, -0.25) is 4.98 Å². The summed E-state index contributed by atoms with van der Waals surface area (Å²) in [6.45, 7) is 0. The van der Waals surface area contributed by atoms with Gasteiger partial charge in [-0.15, -0.1) is 18.3 Å². The smallest absolute Gasteiger partial charge is 0.406 e. The van der Waals surface area contributed by atoms with Crippen molar-refractivity contribution < 1.29 is 17.9 Å². The molecule has 0 spiro atoms. The van der Waals surface area contributed by atoms with Crippen LogP contribution in [0.3, 0.4) is 0 Å². The van der Waals surface area contributed by atoms with E-state index in [1.54, 1.807) is 0 Å². The van der Waals surface area contributed by atoms with Crippen molar-refractivity contribution in [3.05, 3.63) is 66.4 Å². The molecule has 6 nitrogen and oxygen atoms in total. The topological polar surface area (TPSA) is 65.7 Å². The SMILES string of the molecule is FC(F)(F)Oc1ccc(-n2nnnc2SCc2ccc3ccccc3n2)cc1. The molecule has 0 fully saturated rings. The Hall–Kier alpha value is -3.14. The molecule has 0 atom stereocenters. The molecule has 0 radical (unpaired) electrons. The molecule has 0 aliphatic heterocycles. The average molecular weight is 403 g/mol. The summed E-state index contributed by atoms with van der Waals surface area (Å²) in [5.41, 5.74) is 2.29. The maximum atomic E-state index is 12.3. The van der Waals surface area contributed by atoms with E-state index in [1.807, 2.05) is 36.4 Å². The van der Waals surface area contributed by atoms with Crippen LogP contribution in [0.4, 0.5) is 13.2 Å². The van der Waals surface area contributed by atoms with E-state index >= 15 is 0 Å². The third-order valence-corrected chi connectivity index (χ3v) is 4.71. The van der Waals surface area contributed by atoms with E-state index in [2.05, 4.69) is 25.2 Å². The highest BCUT2D eigenvalue weighted by molar-refractivity contribution is 7.98. The molecule has 4 aromatic rings. The van der Waals surface area contributed by atoms with Crippen LogP contribution in [0.25, 0.3) is 16.6 Å². The first-order chi connectivity index (χ1) is 13.5. The van der Waals surface area contributed by atoms with Gasteiger partial charge in [-0.1, -0.05) is 36.0 Å². The standard InChI is InChI=1S/C18H12F3N5OS/c19-18(20,21)27-15-9-7-14(8-10-15)26-17(23-24-25-26)28-11-13-6-5-12-3-1-2-4-16(12)22-13/h1-10H,11H2. The van der Waals surface area contributed by atoms with Crippen molar-refractivity contribution in [2.45, 2.75) is 17.3 Å². The van der Waals surface area contributed by atoms with Crippen LogP contribution in [0.15, 0.2) is 65.8 Å². The molecule has 2 aromatic carbocycles. The highest BCUT2D eigenvalue weighted by atomic mass is 32.2. The molecule has 0 amide bonds. The Labute approximate surface area is 161 Å². The minimum atomic E-state index is -4.73. The Balaban J connectivity index is 1.49. The zero-order valence-corrected chi connectivity index (χ0v) is 15.0. The predicted octanol–water partition coefficient (Wildman–Crippen LogP) is 4.40. The normalized spacial score (nSPS) is 11.7. The molecule has 142 valence electrons. The van der Waals surface area contributed by atoms with Crippen molar-refractivity contribution in [3.63, 3.8) is 0 Å². The van der Waals surface area contributed by atoms with Crippen molar-refractivity contribution in [3.8, 4) is 11.4 Å².